The van der Waals surface area contributed by atoms with E-state index in [9.17, 15) is 4.79 Å². The fourth-order valence-electron chi connectivity index (χ4n) is 2.85. The van der Waals surface area contributed by atoms with Crippen molar-refractivity contribution in [2.75, 3.05) is 26.7 Å². The fraction of sp³-hybridized carbons (Fsp3) is 0.900. The van der Waals surface area contributed by atoms with Gasteiger partial charge in [0.15, 0.2) is 0 Å². The molecule has 0 saturated carbocycles. The van der Waals surface area contributed by atoms with E-state index >= 15 is 0 Å². The Balaban J connectivity index is 1.99. The number of carbonyl (C=O) groups excluding carboxylic acids is 1. The minimum atomic E-state index is -0.253. The molecule has 14 heavy (non-hydrogen) atoms. The molecule has 2 heterocycles. The molecule has 2 aliphatic heterocycles. The van der Waals surface area contributed by atoms with Crippen LogP contribution in [0.25, 0.3) is 0 Å². The SMILES string of the molecule is CN1CCCC2CN(C(N)=O)CCC21. The summed E-state index contributed by atoms with van der Waals surface area (Å²) < 4.78 is 0. The van der Waals surface area contributed by atoms with Crippen LogP contribution in [0.1, 0.15) is 19.3 Å². The molecule has 0 aliphatic carbocycles. The number of fused-ring (bicyclic) bond motifs is 1. The van der Waals surface area contributed by atoms with Gasteiger partial charge in [0, 0.05) is 19.1 Å². The quantitative estimate of drug-likeness (QED) is 0.614. The minimum Gasteiger partial charge on any atom is -0.351 e. The maximum absolute atomic E-state index is 11.0. The van der Waals surface area contributed by atoms with Gasteiger partial charge in [0.05, 0.1) is 0 Å². The van der Waals surface area contributed by atoms with Crippen LogP contribution in [0.2, 0.25) is 0 Å². The molecule has 0 aromatic carbocycles. The summed E-state index contributed by atoms with van der Waals surface area (Å²) in [5.41, 5.74) is 5.30. The number of hydrogen-bond donors (Lipinski definition) is 1. The molecule has 2 atom stereocenters. The maximum Gasteiger partial charge on any atom is 0.314 e. The summed E-state index contributed by atoms with van der Waals surface area (Å²) in [4.78, 5) is 15.3. The first-order valence-corrected chi connectivity index (χ1v) is 5.43. The second kappa shape index (κ2) is 3.77. The molecule has 2 saturated heterocycles. The van der Waals surface area contributed by atoms with Crippen LogP contribution < -0.4 is 5.73 Å². The van der Waals surface area contributed by atoms with Crippen molar-refractivity contribution in [1.82, 2.24) is 9.80 Å². The number of hydrogen-bond acceptors (Lipinski definition) is 2. The second-order valence-corrected chi connectivity index (χ2v) is 4.52. The van der Waals surface area contributed by atoms with Gasteiger partial charge in [-0.2, -0.15) is 0 Å². The molecule has 0 aromatic rings. The first kappa shape index (κ1) is 9.77. The van der Waals surface area contributed by atoms with E-state index < -0.39 is 0 Å². The fourth-order valence-corrected chi connectivity index (χ4v) is 2.85. The molecule has 0 bridgehead atoms. The lowest BCUT2D eigenvalue weighted by molar-refractivity contribution is 0.0534. The molecule has 2 fully saturated rings. The van der Waals surface area contributed by atoms with Crippen molar-refractivity contribution in [2.45, 2.75) is 25.3 Å². The van der Waals surface area contributed by atoms with Crippen LogP contribution in [0, 0.1) is 5.92 Å². The number of likely N-dealkylation sites (tertiary alicyclic amines) is 2. The van der Waals surface area contributed by atoms with Crippen LogP contribution in [0.4, 0.5) is 4.79 Å². The Morgan fingerprint density at radius 1 is 1.36 bits per heavy atom. The molecule has 2 N–H and O–H groups in total. The monoisotopic (exact) mass is 197 g/mol. The topological polar surface area (TPSA) is 49.6 Å². The number of amides is 2. The lowest BCUT2D eigenvalue weighted by atomic mass is 9.84. The molecular weight excluding hydrogens is 178 g/mol. The van der Waals surface area contributed by atoms with Crippen LogP contribution in [0.15, 0.2) is 0 Å². The molecule has 4 heteroatoms. The average Bonchev–Trinajstić information content (AvgIpc) is 2.17. The van der Waals surface area contributed by atoms with Crippen molar-refractivity contribution in [1.29, 1.82) is 0 Å². The summed E-state index contributed by atoms with van der Waals surface area (Å²) in [6.07, 6.45) is 3.59. The van der Waals surface area contributed by atoms with Crippen molar-refractivity contribution in [3.05, 3.63) is 0 Å². The molecule has 2 amide bonds. The number of piperidine rings is 2. The van der Waals surface area contributed by atoms with Gasteiger partial charge in [0.2, 0.25) is 0 Å². The van der Waals surface area contributed by atoms with Crippen molar-refractivity contribution >= 4 is 6.03 Å². The average molecular weight is 197 g/mol. The largest absolute Gasteiger partial charge is 0.351 e. The normalized spacial score (nSPS) is 33.9. The molecule has 0 aromatic heterocycles. The summed E-state index contributed by atoms with van der Waals surface area (Å²) in [6.45, 7) is 2.91. The van der Waals surface area contributed by atoms with E-state index in [-0.39, 0.29) is 6.03 Å². The standard InChI is InChI=1S/C10H19N3O/c1-12-5-2-3-8-7-13(10(11)14)6-4-9(8)12/h8-9H,2-7H2,1H3,(H2,11,14). The van der Waals surface area contributed by atoms with Gasteiger partial charge in [-0.3, -0.25) is 0 Å². The summed E-state index contributed by atoms with van der Waals surface area (Å²) >= 11 is 0. The zero-order valence-corrected chi connectivity index (χ0v) is 8.78. The predicted molar refractivity (Wildman–Crippen MR) is 54.9 cm³/mol. The Bertz CT molecular complexity index is 231. The van der Waals surface area contributed by atoms with E-state index in [1.807, 2.05) is 0 Å². The van der Waals surface area contributed by atoms with Crippen LogP contribution in [0.3, 0.4) is 0 Å². The van der Waals surface area contributed by atoms with Gasteiger partial charge >= 0.3 is 6.03 Å². The van der Waals surface area contributed by atoms with Gasteiger partial charge in [-0.05, 0) is 38.8 Å². The van der Waals surface area contributed by atoms with E-state index in [4.69, 9.17) is 5.73 Å². The van der Waals surface area contributed by atoms with Crippen LogP contribution in [0.5, 0.6) is 0 Å². The maximum atomic E-state index is 11.0. The van der Waals surface area contributed by atoms with Crippen LogP contribution >= 0.6 is 0 Å². The third-order valence-corrected chi connectivity index (χ3v) is 3.66. The molecule has 0 radical (unpaired) electrons. The molecule has 2 aliphatic rings. The Morgan fingerprint density at radius 2 is 2.14 bits per heavy atom. The van der Waals surface area contributed by atoms with Crippen molar-refractivity contribution < 1.29 is 4.79 Å². The van der Waals surface area contributed by atoms with Gasteiger partial charge in [-0.25, -0.2) is 4.79 Å². The first-order valence-electron chi connectivity index (χ1n) is 5.43. The summed E-state index contributed by atoms with van der Waals surface area (Å²) in [5, 5.41) is 0. The number of nitrogens with zero attached hydrogens (tertiary/aromatic N) is 2. The van der Waals surface area contributed by atoms with Gasteiger partial charge in [-0.1, -0.05) is 0 Å². The third-order valence-electron chi connectivity index (χ3n) is 3.66. The number of rotatable bonds is 0. The molecule has 80 valence electrons. The molecule has 2 unspecified atom stereocenters. The van der Waals surface area contributed by atoms with E-state index in [1.54, 1.807) is 4.90 Å². The molecule has 2 rings (SSSR count). The van der Waals surface area contributed by atoms with E-state index in [1.165, 1.54) is 19.4 Å². The highest BCUT2D eigenvalue weighted by Crippen LogP contribution is 2.29. The summed E-state index contributed by atoms with van der Waals surface area (Å²) in [7, 11) is 2.19. The van der Waals surface area contributed by atoms with Crippen LogP contribution in [-0.2, 0) is 0 Å². The van der Waals surface area contributed by atoms with Crippen molar-refractivity contribution in [2.24, 2.45) is 11.7 Å². The van der Waals surface area contributed by atoms with E-state index in [0.29, 0.717) is 12.0 Å². The highest BCUT2D eigenvalue weighted by Gasteiger charge is 2.34. The number of primary amides is 1. The van der Waals surface area contributed by atoms with E-state index in [2.05, 4.69) is 11.9 Å². The van der Waals surface area contributed by atoms with Gasteiger partial charge < -0.3 is 15.5 Å². The van der Waals surface area contributed by atoms with Crippen LogP contribution in [-0.4, -0.2) is 48.6 Å². The number of nitrogens with two attached hydrogens (primary N) is 1. The Hall–Kier alpha value is -0.770. The van der Waals surface area contributed by atoms with Crippen molar-refractivity contribution in [3.8, 4) is 0 Å². The van der Waals surface area contributed by atoms with Gasteiger partial charge in [0.25, 0.3) is 0 Å². The Labute approximate surface area is 85.0 Å². The molecule has 0 spiro atoms. The molecule has 4 nitrogen and oxygen atoms in total. The lowest BCUT2D eigenvalue weighted by Crippen LogP contribution is -2.54. The molecular formula is C10H19N3O. The highest BCUT2D eigenvalue weighted by molar-refractivity contribution is 5.72. The predicted octanol–water partition coefficient (Wildman–Crippen LogP) is 0.481. The third kappa shape index (κ3) is 1.71. The van der Waals surface area contributed by atoms with Gasteiger partial charge in [0.1, 0.15) is 0 Å². The lowest BCUT2D eigenvalue weighted by Gasteiger charge is -2.45. The summed E-state index contributed by atoms with van der Waals surface area (Å²) in [6, 6.07) is 0.427. The minimum absolute atomic E-state index is 0.253. The van der Waals surface area contributed by atoms with Gasteiger partial charge in [-0.15, -0.1) is 0 Å². The summed E-state index contributed by atoms with van der Waals surface area (Å²) in [5.74, 6) is 0.648. The number of carbonyl (C=O) groups is 1. The highest BCUT2D eigenvalue weighted by atomic mass is 16.2. The second-order valence-electron chi connectivity index (χ2n) is 4.52. The zero-order chi connectivity index (χ0) is 10.1. The van der Waals surface area contributed by atoms with Crippen molar-refractivity contribution in [3.63, 3.8) is 0 Å². The zero-order valence-electron chi connectivity index (χ0n) is 8.78. The van der Waals surface area contributed by atoms with E-state index in [0.717, 1.165) is 19.5 Å². The Morgan fingerprint density at radius 3 is 2.86 bits per heavy atom. The number of urea groups is 1. The Kier molecular flexibility index (Phi) is 2.63. The first-order chi connectivity index (χ1) is 6.68. The smallest absolute Gasteiger partial charge is 0.314 e.